The Labute approximate surface area is 184 Å². The number of hydrogen-bond donors (Lipinski definition) is 4. The van der Waals surface area contributed by atoms with Crippen molar-refractivity contribution in [1.29, 1.82) is 0 Å². The number of pyridine rings is 1. The second-order valence-corrected chi connectivity index (χ2v) is 8.01. The van der Waals surface area contributed by atoms with E-state index in [1.165, 1.54) is 12.1 Å². The fourth-order valence-corrected chi connectivity index (χ4v) is 3.32. The van der Waals surface area contributed by atoms with Gasteiger partial charge in [0.15, 0.2) is 0 Å². The van der Waals surface area contributed by atoms with Gasteiger partial charge in [0.1, 0.15) is 17.9 Å². The molecule has 3 rings (SSSR count). The third kappa shape index (κ3) is 4.61. The van der Waals surface area contributed by atoms with Gasteiger partial charge in [-0.05, 0) is 51.1 Å². The number of fused-ring (bicyclic) bond motifs is 1. The van der Waals surface area contributed by atoms with Gasteiger partial charge in [0.05, 0.1) is 27.8 Å². The van der Waals surface area contributed by atoms with E-state index in [0.717, 1.165) is 0 Å². The zero-order valence-corrected chi connectivity index (χ0v) is 17.9. The summed E-state index contributed by atoms with van der Waals surface area (Å²) in [6, 6.07) is 11.2. The lowest BCUT2D eigenvalue weighted by Crippen LogP contribution is -2.47. The van der Waals surface area contributed by atoms with E-state index in [1.54, 1.807) is 51.1 Å². The van der Waals surface area contributed by atoms with Gasteiger partial charge < -0.3 is 26.6 Å². The van der Waals surface area contributed by atoms with E-state index in [1.807, 2.05) is 0 Å². The summed E-state index contributed by atoms with van der Waals surface area (Å²) in [5, 5.41) is 12.7. The van der Waals surface area contributed by atoms with Gasteiger partial charge in [-0.3, -0.25) is 14.6 Å². The lowest BCUT2D eigenvalue weighted by molar-refractivity contribution is 0.0696. The first kappa shape index (κ1) is 22.5. The smallest absolute Gasteiger partial charge is 0.339 e. The van der Waals surface area contributed by atoms with Crippen LogP contribution in [0.4, 0.5) is 5.69 Å². The average molecular weight is 436 g/mol. The Hall–Kier alpha value is -4.14. The number of primary amides is 1. The lowest BCUT2D eigenvalue weighted by Gasteiger charge is -2.27. The van der Waals surface area contributed by atoms with Gasteiger partial charge in [-0.2, -0.15) is 0 Å². The number of aromatic nitrogens is 1. The number of nitrogens with zero attached hydrogens (tertiary/aromatic N) is 1. The molecule has 0 bridgehead atoms. The van der Waals surface area contributed by atoms with Crippen LogP contribution in [0, 0.1) is 6.92 Å². The van der Waals surface area contributed by atoms with Gasteiger partial charge in [0, 0.05) is 11.1 Å². The van der Waals surface area contributed by atoms with Crippen LogP contribution < -0.4 is 21.5 Å². The number of benzene rings is 2. The first-order chi connectivity index (χ1) is 15.0. The molecule has 0 radical (unpaired) electrons. The highest BCUT2D eigenvalue weighted by atomic mass is 16.5. The van der Waals surface area contributed by atoms with Crippen molar-refractivity contribution < 1.29 is 24.2 Å². The Kier molecular flexibility index (Phi) is 6.02. The van der Waals surface area contributed by atoms with E-state index in [-0.39, 0.29) is 29.0 Å². The quantitative estimate of drug-likeness (QED) is 0.443. The minimum atomic E-state index is -1.17. The van der Waals surface area contributed by atoms with E-state index in [9.17, 15) is 19.5 Å². The second-order valence-electron chi connectivity index (χ2n) is 8.01. The molecule has 0 unspecified atom stereocenters. The van der Waals surface area contributed by atoms with Crippen molar-refractivity contribution in [3.05, 3.63) is 64.8 Å². The molecule has 166 valence electrons. The number of nitrogens with two attached hydrogens (primary N) is 2. The van der Waals surface area contributed by atoms with Crippen molar-refractivity contribution in [1.82, 2.24) is 10.3 Å². The number of anilines is 1. The van der Waals surface area contributed by atoms with E-state index in [4.69, 9.17) is 16.2 Å². The van der Waals surface area contributed by atoms with Crippen molar-refractivity contribution in [2.75, 3.05) is 12.3 Å². The molecular weight excluding hydrogens is 412 g/mol. The highest BCUT2D eigenvalue weighted by molar-refractivity contribution is 6.06. The Morgan fingerprint density at radius 3 is 2.44 bits per heavy atom. The molecule has 0 saturated heterocycles. The van der Waals surface area contributed by atoms with Gasteiger partial charge in [-0.25, -0.2) is 4.79 Å². The normalized spacial score (nSPS) is 11.2. The maximum absolute atomic E-state index is 12.7. The third-order valence-electron chi connectivity index (χ3n) is 4.86. The number of aromatic carboxylic acids is 1. The predicted octanol–water partition coefficient (Wildman–Crippen LogP) is 2.51. The standard InChI is InChI=1S/C23H24N4O5/c1-12-17(22(30)31)19(24)18-15(26-12)8-5-9-16(18)32-11-23(2,3)27-21(29)14-7-4-6-13(10-14)20(25)28/h4-10H,11H2,1-3H3,(H2,24,26)(H2,25,28)(H,27,29)(H,30,31). The topological polar surface area (TPSA) is 158 Å². The third-order valence-corrected chi connectivity index (χ3v) is 4.86. The molecule has 0 aliphatic heterocycles. The summed E-state index contributed by atoms with van der Waals surface area (Å²) in [7, 11) is 0. The van der Waals surface area contributed by atoms with Crippen molar-refractivity contribution in [2.45, 2.75) is 26.3 Å². The Morgan fingerprint density at radius 2 is 1.78 bits per heavy atom. The van der Waals surface area contributed by atoms with E-state index >= 15 is 0 Å². The van der Waals surface area contributed by atoms with Crippen LogP contribution in [-0.4, -0.2) is 40.0 Å². The van der Waals surface area contributed by atoms with Crippen molar-refractivity contribution in [2.24, 2.45) is 5.73 Å². The van der Waals surface area contributed by atoms with Crippen LogP contribution in [0.15, 0.2) is 42.5 Å². The zero-order chi connectivity index (χ0) is 23.6. The summed E-state index contributed by atoms with van der Waals surface area (Å²) in [6.45, 7) is 5.17. The predicted molar refractivity (Wildman–Crippen MR) is 120 cm³/mol. The molecule has 9 nitrogen and oxygen atoms in total. The minimum absolute atomic E-state index is 0.0586. The summed E-state index contributed by atoms with van der Waals surface area (Å²) in [5.74, 6) is -1.84. The zero-order valence-electron chi connectivity index (χ0n) is 17.9. The number of nitrogen functional groups attached to an aromatic ring is 1. The monoisotopic (exact) mass is 436 g/mol. The molecule has 0 atom stereocenters. The molecule has 32 heavy (non-hydrogen) atoms. The summed E-state index contributed by atoms with van der Waals surface area (Å²) in [4.78, 5) is 39.9. The summed E-state index contributed by atoms with van der Waals surface area (Å²) in [6.07, 6.45) is 0. The number of carbonyl (C=O) groups is 3. The first-order valence-electron chi connectivity index (χ1n) is 9.77. The molecule has 0 aliphatic rings. The van der Waals surface area contributed by atoms with Crippen LogP contribution in [0.2, 0.25) is 0 Å². The number of carboxylic acid groups (broad SMARTS) is 1. The fourth-order valence-electron chi connectivity index (χ4n) is 3.32. The Bertz CT molecular complexity index is 1240. The van der Waals surface area contributed by atoms with E-state index in [2.05, 4.69) is 10.3 Å². The van der Waals surface area contributed by atoms with Crippen LogP contribution in [-0.2, 0) is 0 Å². The van der Waals surface area contributed by atoms with Crippen LogP contribution in [0.3, 0.4) is 0 Å². The van der Waals surface area contributed by atoms with Crippen LogP contribution in [0.1, 0.15) is 50.6 Å². The molecule has 0 spiro atoms. The minimum Gasteiger partial charge on any atom is -0.490 e. The molecule has 2 amide bonds. The number of hydrogen-bond acceptors (Lipinski definition) is 6. The molecule has 1 aromatic heterocycles. The number of carboxylic acids is 1. The molecule has 0 fully saturated rings. The summed E-state index contributed by atoms with van der Waals surface area (Å²) in [5.41, 5.74) is 11.9. The van der Waals surface area contributed by atoms with Crippen LogP contribution >= 0.6 is 0 Å². The van der Waals surface area contributed by atoms with Crippen LogP contribution in [0.25, 0.3) is 10.9 Å². The Balaban J connectivity index is 1.83. The highest BCUT2D eigenvalue weighted by Gasteiger charge is 2.24. The first-order valence-corrected chi connectivity index (χ1v) is 9.77. The second kappa shape index (κ2) is 8.54. The molecule has 9 heteroatoms. The number of amides is 2. The van der Waals surface area contributed by atoms with Crippen LogP contribution in [0.5, 0.6) is 5.75 Å². The Morgan fingerprint density at radius 1 is 1.12 bits per heavy atom. The van der Waals surface area contributed by atoms with Gasteiger partial charge in [0.25, 0.3) is 5.91 Å². The van der Waals surface area contributed by atoms with Gasteiger partial charge >= 0.3 is 5.97 Å². The maximum atomic E-state index is 12.7. The molecule has 0 saturated carbocycles. The average Bonchev–Trinajstić information content (AvgIpc) is 2.71. The van der Waals surface area contributed by atoms with E-state index in [0.29, 0.717) is 22.3 Å². The molecule has 0 aliphatic carbocycles. The molecule has 1 heterocycles. The van der Waals surface area contributed by atoms with Crippen molar-refractivity contribution in [3.8, 4) is 5.75 Å². The highest BCUT2D eigenvalue weighted by Crippen LogP contribution is 2.33. The SMILES string of the molecule is Cc1nc2cccc(OCC(C)(C)NC(=O)c3cccc(C(N)=O)c3)c2c(N)c1C(=O)O. The number of ether oxygens (including phenoxy) is 1. The van der Waals surface area contributed by atoms with Gasteiger partial charge in [-0.1, -0.05) is 12.1 Å². The maximum Gasteiger partial charge on any atom is 0.339 e. The number of aryl methyl sites for hydroxylation is 1. The lowest BCUT2D eigenvalue weighted by atomic mass is 10.0. The number of carbonyl (C=O) groups excluding carboxylic acids is 2. The molecule has 6 N–H and O–H groups in total. The summed E-state index contributed by atoms with van der Waals surface area (Å²) < 4.78 is 5.94. The number of nitrogens with one attached hydrogen (secondary N) is 1. The molecule has 2 aromatic carbocycles. The van der Waals surface area contributed by atoms with Crippen molar-refractivity contribution >= 4 is 34.4 Å². The molecular formula is C23H24N4O5. The number of rotatable bonds is 7. The molecule has 3 aromatic rings. The fraction of sp³-hybridized carbons (Fsp3) is 0.217. The van der Waals surface area contributed by atoms with Gasteiger partial charge in [0.2, 0.25) is 5.91 Å². The van der Waals surface area contributed by atoms with E-state index < -0.39 is 23.3 Å². The van der Waals surface area contributed by atoms with Gasteiger partial charge in [-0.15, -0.1) is 0 Å². The largest absolute Gasteiger partial charge is 0.490 e. The summed E-state index contributed by atoms with van der Waals surface area (Å²) >= 11 is 0. The van der Waals surface area contributed by atoms with Crippen molar-refractivity contribution in [3.63, 3.8) is 0 Å².